The quantitative estimate of drug-likeness (QED) is 0.493. The van der Waals surface area contributed by atoms with E-state index in [-0.39, 0.29) is 23.4 Å². The normalized spacial score (nSPS) is 18.3. The highest BCUT2D eigenvalue weighted by molar-refractivity contribution is 5.75. The number of nitro groups is 1. The lowest BCUT2D eigenvalue weighted by atomic mass is 9.92. The van der Waals surface area contributed by atoms with Gasteiger partial charge in [0.2, 0.25) is 0 Å². The lowest BCUT2D eigenvalue weighted by Gasteiger charge is -2.34. The molecule has 0 aliphatic carbocycles. The largest absolute Gasteiger partial charge is 0.393 e. The second-order valence-corrected chi connectivity index (χ2v) is 5.04. The first-order chi connectivity index (χ1) is 9.00. The van der Waals surface area contributed by atoms with Crippen LogP contribution in [0.1, 0.15) is 19.8 Å². The van der Waals surface area contributed by atoms with Crippen LogP contribution in [0, 0.1) is 16.0 Å². The molecular weight excluding hydrogens is 246 g/mol. The van der Waals surface area contributed by atoms with Crippen LogP contribution < -0.4 is 10.6 Å². The van der Waals surface area contributed by atoms with Crippen molar-refractivity contribution in [1.82, 2.24) is 0 Å². The molecule has 1 aliphatic heterocycles. The van der Waals surface area contributed by atoms with Crippen LogP contribution >= 0.6 is 0 Å². The Bertz CT molecular complexity index is 468. The average molecular weight is 265 g/mol. The zero-order valence-electron chi connectivity index (χ0n) is 11.0. The number of nitro benzene ring substituents is 1. The van der Waals surface area contributed by atoms with Crippen LogP contribution in [-0.4, -0.2) is 29.2 Å². The van der Waals surface area contributed by atoms with Crippen molar-refractivity contribution in [3.63, 3.8) is 0 Å². The third kappa shape index (κ3) is 2.78. The highest BCUT2D eigenvalue weighted by Gasteiger charge is 2.27. The first-order valence-electron chi connectivity index (χ1n) is 6.46. The summed E-state index contributed by atoms with van der Waals surface area (Å²) in [4.78, 5) is 12.7. The fourth-order valence-corrected chi connectivity index (χ4v) is 2.63. The molecule has 1 unspecified atom stereocenters. The molecule has 0 radical (unpaired) electrons. The number of aliphatic hydroxyl groups is 1. The number of anilines is 2. The van der Waals surface area contributed by atoms with Crippen molar-refractivity contribution < 1.29 is 10.0 Å². The molecule has 1 aliphatic rings. The molecule has 3 N–H and O–H groups in total. The molecule has 0 saturated carbocycles. The standard InChI is InChI=1S/C13H19N3O3/c1-9(17)10-5-7-15(8-6-10)12-4-2-3-11(14)13(12)16(18)19/h2-4,9-10,17H,5-8,14H2,1H3. The number of hydrogen-bond donors (Lipinski definition) is 2. The van der Waals surface area contributed by atoms with Gasteiger partial charge in [0.15, 0.2) is 0 Å². The fourth-order valence-electron chi connectivity index (χ4n) is 2.63. The summed E-state index contributed by atoms with van der Waals surface area (Å²) in [5.74, 6) is 0.274. The molecule has 1 fully saturated rings. The predicted molar refractivity (Wildman–Crippen MR) is 74.1 cm³/mol. The second-order valence-electron chi connectivity index (χ2n) is 5.04. The minimum absolute atomic E-state index is 0.0157. The molecule has 0 aromatic heterocycles. The van der Waals surface area contributed by atoms with Gasteiger partial charge in [0.25, 0.3) is 0 Å². The van der Waals surface area contributed by atoms with Crippen LogP contribution in [-0.2, 0) is 0 Å². The number of nitrogens with zero attached hydrogens (tertiary/aromatic N) is 2. The molecule has 6 heteroatoms. The number of nitrogen functional groups attached to an aromatic ring is 1. The second kappa shape index (κ2) is 5.44. The molecule has 6 nitrogen and oxygen atoms in total. The Labute approximate surface area is 112 Å². The zero-order valence-corrected chi connectivity index (χ0v) is 11.0. The Kier molecular flexibility index (Phi) is 3.90. The topological polar surface area (TPSA) is 92.6 Å². The highest BCUT2D eigenvalue weighted by Crippen LogP contribution is 2.35. The molecule has 0 bridgehead atoms. The van der Waals surface area contributed by atoms with E-state index >= 15 is 0 Å². The minimum atomic E-state index is -0.425. The Morgan fingerprint density at radius 2 is 2.11 bits per heavy atom. The van der Waals surface area contributed by atoms with Gasteiger partial charge in [-0.05, 0) is 37.8 Å². The maximum absolute atomic E-state index is 11.1. The van der Waals surface area contributed by atoms with Crippen molar-refractivity contribution >= 4 is 17.1 Å². The minimum Gasteiger partial charge on any atom is -0.393 e. The number of nitrogens with two attached hydrogens (primary N) is 1. The van der Waals surface area contributed by atoms with Crippen LogP contribution in [0.15, 0.2) is 18.2 Å². The van der Waals surface area contributed by atoms with Crippen LogP contribution in [0.25, 0.3) is 0 Å². The van der Waals surface area contributed by atoms with E-state index in [9.17, 15) is 15.2 Å². The van der Waals surface area contributed by atoms with Crippen LogP contribution in [0.4, 0.5) is 17.1 Å². The molecule has 1 aromatic carbocycles. The van der Waals surface area contributed by atoms with E-state index in [1.54, 1.807) is 25.1 Å². The van der Waals surface area contributed by atoms with Crippen molar-refractivity contribution in [2.75, 3.05) is 23.7 Å². The number of hydrogen-bond acceptors (Lipinski definition) is 5. The van der Waals surface area contributed by atoms with Gasteiger partial charge in [0.1, 0.15) is 11.4 Å². The van der Waals surface area contributed by atoms with Crippen molar-refractivity contribution in [3.05, 3.63) is 28.3 Å². The van der Waals surface area contributed by atoms with E-state index in [0.29, 0.717) is 18.8 Å². The van der Waals surface area contributed by atoms with Crippen LogP contribution in [0.5, 0.6) is 0 Å². The fraction of sp³-hybridized carbons (Fsp3) is 0.538. The van der Waals surface area contributed by atoms with E-state index in [1.165, 1.54) is 0 Å². The van der Waals surface area contributed by atoms with Gasteiger partial charge in [-0.15, -0.1) is 0 Å². The van der Waals surface area contributed by atoms with E-state index in [0.717, 1.165) is 12.8 Å². The Morgan fingerprint density at radius 3 is 2.63 bits per heavy atom. The summed E-state index contributed by atoms with van der Waals surface area (Å²) in [6.45, 7) is 3.21. The molecule has 1 heterocycles. The van der Waals surface area contributed by atoms with E-state index in [4.69, 9.17) is 5.73 Å². The number of para-hydroxylation sites is 1. The number of benzene rings is 1. The van der Waals surface area contributed by atoms with E-state index in [2.05, 4.69) is 0 Å². The molecule has 2 rings (SSSR count). The van der Waals surface area contributed by atoms with Gasteiger partial charge in [-0.3, -0.25) is 10.1 Å². The maximum Gasteiger partial charge on any atom is 0.315 e. The Balaban J connectivity index is 2.20. The SMILES string of the molecule is CC(O)C1CCN(c2cccc(N)c2[N+](=O)[O-])CC1. The Morgan fingerprint density at radius 1 is 1.47 bits per heavy atom. The van der Waals surface area contributed by atoms with E-state index in [1.807, 2.05) is 4.90 Å². The third-order valence-corrected chi connectivity index (χ3v) is 3.79. The number of rotatable bonds is 3. The summed E-state index contributed by atoms with van der Waals surface area (Å²) in [6.07, 6.45) is 1.35. The molecule has 0 spiro atoms. The smallest absolute Gasteiger partial charge is 0.315 e. The van der Waals surface area contributed by atoms with Gasteiger partial charge in [-0.2, -0.15) is 0 Å². The third-order valence-electron chi connectivity index (χ3n) is 3.79. The van der Waals surface area contributed by atoms with Gasteiger partial charge >= 0.3 is 5.69 Å². The monoisotopic (exact) mass is 265 g/mol. The van der Waals surface area contributed by atoms with Gasteiger partial charge in [-0.1, -0.05) is 6.07 Å². The number of piperidine rings is 1. The van der Waals surface area contributed by atoms with E-state index < -0.39 is 4.92 Å². The first-order valence-corrected chi connectivity index (χ1v) is 6.46. The average Bonchev–Trinajstić information content (AvgIpc) is 2.38. The van der Waals surface area contributed by atoms with Crippen molar-refractivity contribution in [2.24, 2.45) is 5.92 Å². The molecule has 1 atom stereocenters. The summed E-state index contributed by atoms with van der Waals surface area (Å²) < 4.78 is 0. The van der Waals surface area contributed by atoms with Crippen molar-refractivity contribution in [2.45, 2.75) is 25.9 Å². The van der Waals surface area contributed by atoms with Crippen LogP contribution in [0.3, 0.4) is 0 Å². The zero-order chi connectivity index (χ0) is 14.0. The molecule has 1 aromatic rings. The molecule has 104 valence electrons. The molecule has 19 heavy (non-hydrogen) atoms. The molecule has 1 saturated heterocycles. The lowest BCUT2D eigenvalue weighted by molar-refractivity contribution is -0.383. The summed E-state index contributed by atoms with van der Waals surface area (Å²) in [7, 11) is 0. The highest BCUT2D eigenvalue weighted by atomic mass is 16.6. The number of aliphatic hydroxyl groups excluding tert-OH is 1. The maximum atomic E-state index is 11.1. The lowest BCUT2D eigenvalue weighted by Crippen LogP contribution is -2.37. The molecular formula is C13H19N3O3. The predicted octanol–water partition coefficient (Wildman–Crippen LogP) is 1.77. The molecule has 0 amide bonds. The summed E-state index contributed by atoms with van der Waals surface area (Å²) in [5.41, 5.74) is 6.45. The van der Waals surface area contributed by atoms with Gasteiger partial charge in [-0.25, -0.2) is 0 Å². The van der Waals surface area contributed by atoms with Crippen molar-refractivity contribution in [3.8, 4) is 0 Å². The summed E-state index contributed by atoms with van der Waals surface area (Å²) in [5, 5.41) is 20.7. The van der Waals surface area contributed by atoms with Crippen molar-refractivity contribution in [1.29, 1.82) is 0 Å². The first kappa shape index (κ1) is 13.6. The summed E-state index contributed by atoms with van der Waals surface area (Å²) >= 11 is 0. The van der Waals surface area contributed by atoms with Gasteiger partial charge in [0, 0.05) is 13.1 Å². The van der Waals surface area contributed by atoms with Gasteiger partial charge < -0.3 is 15.7 Å². The Hall–Kier alpha value is -1.82. The van der Waals surface area contributed by atoms with Crippen LogP contribution in [0.2, 0.25) is 0 Å². The summed E-state index contributed by atoms with van der Waals surface area (Å²) in [6, 6.07) is 5.01. The van der Waals surface area contributed by atoms with Gasteiger partial charge in [0.05, 0.1) is 11.0 Å².